The summed E-state index contributed by atoms with van der Waals surface area (Å²) >= 11 is 3.46. The molecule has 6 heteroatoms. The highest BCUT2D eigenvalue weighted by Gasteiger charge is 2.29. The highest BCUT2D eigenvalue weighted by atomic mass is 79.9. The average molecular weight is 342 g/mol. The van der Waals surface area contributed by atoms with Crippen molar-refractivity contribution in [1.29, 1.82) is 0 Å². The number of methoxy groups -OCH3 is 1. The van der Waals surface area contributed by atoms with Crippen LogP contribution in [-0.4, -0.2) is 48.1 Å². The number of fused-ring (bicyclic) bond motifs is 1. The van der Waals surface area contributed by atoms with Crippen LogP contribution < -0.4 is 4.74 Å². The molecule has 2 atom stereocenters. The van der Waals surface area contributed by atoms with E-state index in [-0.39, 0.29) is 6.04 Å². The fraction of sp³-hybridized carbons (Fsp3) is 0.500. The van der Waals surface area contributed by atoms with E-state index in [1.165, 1.54) is 0 Å². The van der Waals surface area contributed by atoms with Crippen LogP contribution in [-0.2, 0) is 0 Å². The number of rotatable bonds is 2. The van der Waals surface area contributed by atoms with Gasteiger partial charge in [-0.05, 0) is 35.5 Å². The fourth-order valence-electron chi connectivity index (χ4n) is 2.71. The van der Waals surface area contributed by atoms with Crippen molar-refractivity contribution in [2.45, 2.75) is 18.6 Å². The first-order valence-corrected chi connectivity index (χ1v) is 7.43. The van der Waals surface area contributed by atoms with Gasteiger partial charge in [-0.1, -0.05) is 0 Å². The molecule has 108 valence electrons. The van der Waals surface area contributed by atoms with E-state index in [1.807, 2.05) is 30.3 Å². The van der Waals surface area contributed by atoms with Gasteiger partial charge in [-0.15, -0.1) is 0 Å². The summed E-state index contributed by atoms with van der Waals surface area (Å²) in [6.45, 7) is 1.36. The maximum atomic E-state index is 14.2. The monoisotopic (exact) mass is 341 g/mol. The van der Waals surface area contributed by atoms with Crippen molar-refractivity contribution in [3.63, 3.8) is 0 Å². The molecule has 0 bridgehead atoms. The molecule has 2 heterocycles. The topological polar surface area (TPSA) is 30.3 Å². The maximum Gasteiger partial charge on any atom is 0.135 e. The molecule has 1 fully saturated rings. The Morgan fingerprint density at radius 3 is 2.95 bits per heavy atom. The van der Waals surface area contributed by atoms with Crippen LogP contribution in [0.5, 0.6) is 5.75 Å². The molecule has 0 spiro atoms. The van der Waals surface area contributed by atoms with Crippen LogP contribution in [0.1, 0.15) is 12.5 Å². The molecule has 2 aromatic rings. The molecule has 0 amide bonds. The first kappa shape index (κ1) is 13.8. The van der Waals surface area contributed by atoms with E-state index in [4.69, 9.17) is 4.74 Å². The number of benzene rings is 1. The van der Waals surface area contributed by atoms with Gasteiger partial charge in [-0.25, -0.2) is 4.39 Å². The van der Waals surface area contributed by atoms with Crippen molar-refractivity contribution in [2.75, 3.05) is 27.2 Å². The molecule has 4 nitrogen and oxygen atoms in total. The fourth-order valence-corrected chi connectivity index (χ4v) is 3.24. The zero-order valence-corrected chi connectivity index (χ0v) is 13.1. The number of likely N-dealkylation sites (tertiary alicyclic amines) is 1. The molecule has 0 radical (unpaired) electrons. The molecule has 0 aliphatic carbocycles. The molecule has 1 aliphatic heterocycles. The first-order valence-electron chi connectivity index (χ1n) is 6.63. The Bertz CT molecular complexity index is 630. The Hall–Kier alpha value is -1.14. The van der Waals surface area contributed by atoms with Gasteiger partial charge in [0.1, 0.15) is 11.9 Å². The molecule has 0 unspecified atom stereocenters. The van der Waals surface area contributed by atoms with E-state index in [1.54, 1.807) is 11.8 Å². The SMILES string of the molecule is COc1cc2nn([C@H]3CCN(C)C[C@@H]3F)cc2cc1Br. The highest BCUT2D eigenvalue weighted by Crippen LogP contribution is 2.32. The van der Waals surface area contributed by atoms with E-state index in [2.05, 4.69) is 21.0 Å². The van der Waals surface area contributed by atoms with Crippen LogP contribution in [0.2, 0.25) is 0 Å². The third-order valence-electron chi connectivity index (χ3n) is 3.85. The van der Waals surface area contributed by atoms with Crippen molar-refractivity contribution in [1.82, 2.24) is 14.7 Å². The minimum Gasteiger partial charge on any atom is -0.495 e. The zero-order valence-electron chi connectivity index (χ0n) is 11.5. The van der Waals surface area contributed by atoms with Crippen molar-refractivity contribution in [3.05, 3.63) is 22.8 Å². The van der Waals surface area contributed by atoms with Gasteiger partial charge in [-0.2, -0.15) is 5.10 Å². The summed E-state index contributed by atoms with van der Waals surface area (Å²) in [4.78, 5) is 2.02. The predicted octanol–water partition coefficient (Wildman–Crippen LogP) is 3.02. The molecule has 20 heavy (non-hydrogen) atoms. The Labute approximate surface area is 125 Å². The quantitative estimate of drug-likeness (QED) is 0.841. The summed E-state index contributed by atoms with van der Waals surface area (Å²) in [5.74, 6) is 0.739. The Morgan fingerprint density at radius 1 is 1.45 bits per heavy atom. The second kappa shape index (κ2) is 5.33. The van der Waals surface area contributed by atoms with E-state index < -0.39 is 6.17 Å². The second-order valence-electron chi connectivity index (χ2n) is 5.29. The number of hydrogen-bond acceptors (Lipinski definition) is 3. The number of hydrogen-bond donors (Lipinski definition) is 0. The summed E-state index contributed by atoms with van der Waals surface area (Å²) in [6, 6.07) is 3.65. The molecule has 1 aliphatic rings. The van der Waals surface area contributed by atoms with Gasteiger partial charge in [-0.3, -0.25) is 4.68 Å². The number of alkyl halides is 1. The lowest BCUT2D eigenvalue weighted by atomic mass is 10.0. The molecular formula is C14H17BrFN3O. The standard InChI is InChI=1S/C14H17BrFN3O/c1-18-4-3-13(11(16)8-18)19-7-9-5-10(15)14(20-2)6-12(9)17-19/h5-7,11,13H,3-4,8H2,1-2H3/t11-,13-/m0/s1. The molecule has 1 saturated heterocycles. The van der Waals surface area contributed by atoms with E-state index in [9.17, 15) is 4.39 Å². The largest absolute Gasteiger partial charge is 0.495 e. The van der Waals surface area contributed by atoms with Crippen LogP contribution in [0.25, 0.3) is 10.9 Å². The number of nitrogens with zero attached hydrogens (tertiary/aromatic N) is 3. The summed E-state index contributed by atoms with van der Waals surface area (Å²) in [6.07, 6.45) is 1.82. The Kier molecular flexibility index (Phi) is 3.69. The highest BCUT2D eigenvalue weighted by molar-refractivity contribution is 9.10. The number of piperidine rings is 1. The zero-order chi connectivity index (χ0) is 14.3. The Morgan fingerprint density at radius 2 is 2.25 bits per heavy atom. The average Bonchev–Trinajstić information content (AvgIpc) is 2.79. The smallest absolute Gasteiger partial charge is 0.135 e. The van der Waals surface area contributed by atoms with Gasteiger partial charge in [0.15, 0.2) is 0 Å². The molecule has 1 aromatic carbocycles. The minimum absolute atomic E-state index is 0.177. The van der Waals surface area contributed by atoms with Gasteiger partial charge in [0, 0.05) is 30.7 Å². The molecule has 0 N–H and O–H groups in total. The predicted molar refractivity (Wildman–Crippen MR) is 80.0 cm³/mol. The second-order valence-corrected chi connectivity index (χ2v) is 6.14. The Balaban J connectivity index is 1.96. The summed E-state index contributed by atoms with van der Waals surface area (Å²) in [5, 5.41) is 5.51. The van der Waals surface area contributed by atoms with Gasteiger partial charge in [0.2, 0.25) is 0 Å². The third-order valence-corrected chi connectivity index (χ3v) is 4.47. The van der Waals surface area contributed by atoms with Crippen molar-refractivity contribution < 1.29 is 9.13 Å². The van der Waals surface area contributed by atoms with Crippen LogP contribution in [0.3, 0.4) is 0 Å². The van der Waals surface area contributed by atoms with Crippen molar-refractivity contribution >= 4 is 26.8 Å². The van der Waals surface area contributed by atoms with E-state index in [0.717, 1.165) is 34.1 Å². The summed E-state index contributed by atoms with van der Waals surface area (Å²) < 4.78 is 22.1. The normalized spacial score (nSPS) is 24.2. The van der Waals surface area contributed by atoms with Crippen LogP contribution >= 0.6 is 15.9 Å². The lowest BCUT2D eigenvalue weighted by molar-refractivity contribution is 0.101. The lowest BCUT2D eigenvalue weighted by Crippen LogP contribution is -2.40. The van der Waals surface area contributed by atoms with Gasteiger partial charge >= 0.3 is 0 Å². The molecular weight excluding hydrogens is 325 g/mol. The van der Waals surface area contributed by atoms with Crippen LogP contribution in [0.4, 0.5) is 4.39 Å². The molecule has 0 saturated carbocycles. The van der Waals surface area contributed by atoms with Crippen molar-refractivity contribution in [3.8, 4) is 5.75 Å². The van der Waals surface area contributed by atoms with Gasteiger partial charge in [0.05, 0.1) is 23.1 Å². The maximum absolute atomic E-state index is 14.2. The van der Waals surface area contributed by atoms with Gasteiger partial charge < -0.3 is 9.64 Å². The van der Waals surface area contributed by atoms with E-state index >= 15 is 0 Å². The number of halogens is 2. The van der Waals surface area contributed by atoms with E-state index in [0.29, 0.717) is 6.54 Å². The van der Waals surface area contributed by atoms with Crippen molar-refractivity contribution in [2.24, 2.45) is 0 Å². The summed E-state index contributed by atoms with van der Waals surface area (Å²) in [7, 11) is 3.57. The van der Waals surface area contributed by atoms with Crippen LogP contribution in [0.15, 0.2) is 22.8 Å². The third kappa shape index (κ3) is 2.42. The first-order chi connectivity index (χ1) is 9.58. The number of ether oxygens (including phenoxy) is 1. The minimum atomic E-state index is -0.881. The molecule has 1 aromatic heterocycles. The lowest BCUT2D eigenvalue weighted by Gasteiger charge is -2.32. The molecule has 3 rings (SSSR count). The van der Waals surface area contributed by atoms with Crippen LogP contribution in [0, 0.1) is 0 Å². The number of aromatic nitrogens is 2. The summed E-state index contributed by atoms with van der Waals surface area (Å²) in [5.41, 5.74) is 0.830. The van der Waals surface area contributed by atoms with Gasteiger partial charge in [0.25, 0.3) is 0 Å².